The number of amides is 1. The standard InChI is InChI=1S/C17H13ClN2O3/c1-11-15(8-9-22-11)17(21)20-19-10-14-6-7-16(23-14)12-2-4-13(18)5-3-12/h2-10H,1H3,(H,20,21)/b19-10-. The highest BCUT2D eigenvalue weighted by Gasteiger charge is 2.10. The van der Waals surface area contributed by atoms with Crippen molar-refractivity contribution in [2.24, 2.45) is 5.10 Å². The third-order valence-electron chi connectivity index (χ3n) is 3.22. The van der Waals surface area contributed by atoms with Crippen molar-refractivity contribution in [2.45, 2.75) is 6.92 Å². The normalized spacial score (nSPS) is 11.0. The number of halogens is 1. The lowest BCUT2D eigenvalue weighted by Crippen LogP contribution is -2.17. The highest BCUT2D eigenvalue weighted by Crippen LogP contribution is 2.23. The van der Waals surface area contributed by atoms with E-state index in [0.717, 1.165) is 5.56 Å². The zero-order valence-electron chi connectivity index (χ0n) is 12.2. The summed E-state index contributed by atoms with van der Waals surface area (Å²) in [5, 5.41) is 4.54. The summed E-state index contributed by atoms with van der Waals surface area (Å²) in [4.78, 5) is 11.8. The van der Waals surface area contributed by atoms with Crippen LogP contribution in [0.3, 0.4) is 0 Å². The third kappa shape index (κ3) is 3.52. The van der Waals surface area contributed by atoms with Gasteiger partial charge in [-0.1, -0.05) is 11.6 Å². The van der Waals surface area contributed by atoms with Crippen LogP contribution >= 0.6 is 11.6 Å². The molecular formula is C17H13ClN2O3. The molecule has 0 aliphatic heterocycles. The third-order valence-corrected chi connectivity index (χ3v) is 3.47. The van der Waals surface area contributed by atoms with Gasteiger partial charge in [-0.2, -0.15) is 5.10 Å². The Morgan fingerprint density at radius 2 is 1.96 bits per heavy atom. The minimum atomic E-state index is -0.336. The Hall–Kier alpha value is -2.79. The molecule has 2 aromatic heterocycles. The monoisotopic (exact) mass is 328 g/mol. The van der Waals surface area contributed by atoms with Gasteiger partial charge in [-0.15, -0.1) is 0 Å². The van der Waals surface area contributed by atoms with Crippen molar-refractivity contribution in [1.29, 1.82) is 0 Å². The molecule has 0 fully saturated rings. The van der Waals surface area contributed by atoms with Gasteiger partial charge in [0.1, 0.15) is 17.3 Å². The number of hydrazone groups is 1. The number of furan rings is 2. The maximum Gasteiger partial charge on any atom is 0.274 e. The second-order valence-corrected chi connectivity index (χ2v) is 5.23. The minimum Gasteiger partial charge on any atom is -0.469 e. The molecule has 1 amide bonds. The summed E-state index contributed by atoms with van der Waals surface area (Å²) >= 11 is 5.86. The highest BCUT2D eigenvalue weighted by atomic mass is 35.5. The molecule has 0 atom stereocenters. The van der Waals surface area contributed by atoms with Gasteiger partial charge in [0.05, 0.1) is 18.0 Å². The first-order chi connectivity index (χ1) is 11.1. The van der Waals surface area contributed by atoms with Crippen molar-refractivity contribution in [3.05, 3.63) is 70.8 Å². The number of rotatable bonds is 4. The lowest BCUT2D eigenvalue weighted by molar-refractivity contribution is 0.0953. The number of carbonyl (C=O) groups is 1. The van der Waals surface area contributed by atoms with Gasteiger partial charge in [0.15, 0.2) is 0 Å². The van der Waals surface area contributed by atoms with E-state index in [1.807, 2.05) is 18.2 Å². The molecule has 2 heterocycles. The van der Waals surface area contributed by atoms with Crippen LogP contribution in [0.1, 0.15) is 21.9 Å². The summed E-state index contributed by atoms with van der Waals surface area (Å²) in [6.45, 7) is 1.71. The molecular weight excluding hydrogens is 316 g/mol. The maximum atomic E-state index is 11.8. The highest BCUT2D eigenvalue weighted by molar-refractivity contribution is 6.30. The number of benzene rings is 1. The maximum absolute atomic E-state index is 11.8. The molecule has 0 aliphatic rings. The SMILES string of the molecule is Cc1occc1C(=O)N/N=C\c1ccc(-c2ccc(Cl)cc2)o1. The van der Waals surface area contributed by atoms with E-state index in [0.29, 0.717) is 27.9 Å². The van der Waals surface area contributed by atoms with Crippen molar-refractivity contribution in [1.82, 2.24) is 5.43 Å². The van der Waals surface area contributed by atoms with Gasteiger partial charge in [-0.05, 0) is 49.4 Å². The van der Waals surface area contributed by atoms with E-state index in [1.54, 1.807) is 31.2 Å². The van der Waals surface area contributed by atoms with Crippen LogP contribution in [-0.2, 0) is 0 Å². The number of nitrogens with zero attached hydrogens (tertiary/aromatic N) is 1. The number of hydrogen-bond acceptors (Lipinski definition) is 4. The van der Waals surface area contributed by atoms with Crippen LogP contribution < -0.4 is 5.43 Å². The first-order valence-corrected chi connectivity index (χ1v) is 7.24. The van der Waals surface area contributed by atoms with Crippen LogP contribution in [0, 0.1) is 6.92 Å². The Morgan fingerprint density at radius 3 is 2.65 bits per heavy atom. The van der Waals surface area contributed by atoms with Gasteiger partial charge < -0.3 is 8.83 Å². The molecule has 1 aromatic carbocycles. The summed E-state index contributed by atoms with van der Waals surface area (Å²) in [6.07, 6.45) is 2.89. The molecule has 0 unspecified atom stereocenters. The van der Waals surface area contributed by atoms with E-state index in [2.05, 4.69) is 10.5 Å². The Labute approximate surface area is 137 Å². The zero-order valence-corrected chi connectivity index (χ0v) is 13.0. The molecule has 6 heteroatoms. The van der Waals surface area contributed by atoms with Gasteiger partial charge in [0, 0.05) is 10.6 Å². The largest absolute Gasteiger partial charge is 0.469 e. The summed E-state index contributed by atoms with van der Waals surface area (Å²) in [6, 6.07) is 12.5. The average Bonchev–Trinajstić information content (AvgIpc) is 3.17. The van der Waals surface area contributed by atoms with Crippen molar-refractivity contribution in [3.63, 3.8) is 0 Å². The van der Waals surface area contributed by atoms with Crippen molar-refractivity contribution in [3.8, 4) is 11.3 Å². The second kappa shape index (κ2) is 6.54. The van der Waals surface area contributed by atoms with Crippen LogP contribution in [-0.4, -0.2) is 12.1 Å². The number of hydrogen-bond donors (Lipinski definition) is 1. The Morgan fingerprint density at radius 1 is 1.17 bits per heavy atom. The van der Waals surface area contributed by atoms with Gasteiger partial charge in [-0.3, -0.25) is 4.79 Å². The Kier molecular flexibility index (Phi) is 4.30. The number of aryl methyl sites for hydroxylation is 1. The van der Waals surface area contributed by atoms with E-state index < -0.39 is 0 Å². The van der Waals surface area contributed by atoms with E-state index >= 15 is 0 Å². The van der Waals surface area contributed by atoms with Crippen molar-refractivity contribution < 1.29 is 13.6 Å². The molecule has 0 saturated carbocycles. The van der Waals surface area contributed by atoms with E-state index in [1.165, 1.54) is 12.5 Å². The molecule has 1 N–H and O–H groups in total. The summed E-state index contributed by atoms with van der Waals surface area (Å²) < 4.78 is 10.7. The van der Waals surface area contributed by atoms with E-state index in [-0.39, 0.29) is 5.91 Å². The van der Waals surface area contributed by atoms with E-state index in [4.69, 9.17) is 20.4 Å². The van der Waals surface area contributed by atoms with Crippen LogP contribution in [0.4, 0.5) is 0 Å². The molecule has 0 saturated heterocycles. The lowest BCUT2D eigenvalue weighted by atomic mass is 10.2. The quantitative estimate of drug-likeness (QED) is 0.574. The topological polar surface area (TPSA) is 67.7 Å². The lowest BCUT2D eigenvalue weighted by Gasteiger charge is -1.97. The Bertz CT molecular complexity index is 847. The second-order valence-electron chi connectivity index (χ2n) is 4.80. The smallest absolute Gasteiger partial charge is 0.274 e. The fourth-order valence-corrected chi connectivity index (χ4v) is 2.15. The molecule has 0 radical (unpaired) electrons. The molecule has 116 valence electrons. The molecule has 3 aromatic rings. The molecule has 3 rings (SSSR count). The first-order valence-electron chi connectivity index (χ1n) is 6.87. The molecule has 5 nitrogen and oxygen atoms in total. The summed E-state index contributed by atoms with van der Waals surface area (Å²) in [7, 11) is 0. The van der Waals surface area contributed by atoms with E-state index in [9.17, 15) is 4.79 Å². The zero-order chi connectivity index (χ0) is 16.2. The summed E-state index contributed by atoms with van der Waals surface area (Å²) in [5.41, 5.74) is 3.78. The van der Waals surface area contributed by atoms with Gasteiger partial charge in [0.2, 0.25) is 0 Å². The molecule has 0 aliphatic carbocycles. The van der Waals surface area contributed by atoms with Crippen LogP contribution in [0.25, 0.3) is 11.3 Å². The summed E-state index contributed by atoms with van der Waals surface area (Å²) in [5.74, 6) is 1.43. The van der Waals surface area contributed by atoms with Gasteiger partial charge in [0.25, 0.3) is 5.91 Å². The van der Waals surface area contributed by atoms with Gasteiger partial charge >= 0.3 is 0 Å². The van der Waals surface area contributed by atoms with Crippen LogP contribution in [0.15, 0.2) is 62.7 Å². The molecule has 0 spiro atoms. The first kappa shape index (κ1) is 15.1. The fraction of sp³-hybridized carbons (Fsp3) is 0.0588. The fourth-order valence-electron chi connectivity index (χ4n) is 2.03. The number of nitrogens with one attached hydrogen (secondary N) is 1. The van der Waals surface area contributed by atoms with Gasteiger partial charge in [-0.25, -0.2) is 5.43 Å². The average molecular weight is 329 g/mol. The number of carbonyl (C=O) groups excluding carboxylic acids is 1. The molecule has 23 heavy (non-hydrogen) atoms. The minimum absolute atomic E-state index is 0.336. The predicted molar refractivity (Wildman–Crippen MR) is 87.7 cm³/mol. The Balaban J connectivity index is 1.66. The molecule has 0 bridgehead atoms. The predicted octanol–water partition coefficient (Wildman–Crippen LogP) is 4.27. The van der Waals surface area contributed by atoms with Crippen LogP contribution in [0.2, 0.25) is 5.02 Å². The van der Waals surface area contributed by atoms with Crippen molar-refractivity contribution >= 4 is 23.7 Å². The van der Waals surface area contributed by atoms with Crippen molar-refractivity contribution in [2.75, 3.05) is 0 Å². The van der Waals surface area contributed by atoms with Crippen LogP contribution in [0.5, 0.6) is 0 Å².